The molecule has 22 heavy (non-hydrogen) atoms. The molecule has 0 N–H and O–H groups in total. The van der Waals surface area contributed by atoms with Crippen molar-refractivity contribution in [2.24, 2.45) is 0 Å². The number of fused-ring (bicyclic) bond motifs is 1. The van der Waals surface area contributed by atoms with E-state index in [1.54, 1.807) is 30.5 Å². The second-order valence-corrected chi connectivity index (χ2v) is 7.62. The molecule has 0 saturated carbocycles. The molecule has 0 spiro atoms. The van der Waals surface area contributed by atoms with Gasteiger partial charge >= 0.3 is 10.1 Å². The number of aryl methyl sites for hydroxylation is 1. The van der Waals surface area contributed by atoms with Crippen molar-refractivity contribution in [3.63, 3.8) is 0 Å². The maximum Gasteiger partial charge on any atom is 0.339 e. The van der Waals surface area contributed by atoms with E-state index in [-0.39, 0.29) is 10.6 Å². The average molecular weight is 425 g/mol. The first kappa shape index (κ1) is 15.2. The Morgan fingerprint density at radius 1 is 1.09 bits per heavy atom. The van der Waals surface area contributed by atoms with Gasteiger partial charge in [0.15, 0.2) is 5.75 Å². The lowest BCUT2D eigenvalue weighted by atomic mass is 10.2. The Morgan fingerprint density at radius 3 is 2.55 bits per heavy atom. The molecule has 6 heteroatoms. The summed E-state index contributed by atoms with van der Waals surface area (Å²) in [6.45, 7) is 1.90. The van der Waals surface area contributed by atoms with E-state index in [4.69, 9.17) is 4.18 Å². The van der Waals surface area contributed by atoms with Crippen molar-refractivity contribution in [3.8, 4) is 5.75 Å². The lowest BCUT2D eigenvalue weighted by Gasteiger charge is -2.09. The third-order valence-electron chi connectivity index (χ3n) is 3.15. The van der Waals surface area contributed by atoms with Crippen LogP contribution in [0, 0.1) is 10.5 Å². The normalized spacial score (nSPS) is 11.5. The monoisotopic (exact) mass is 425 g/mol. The van der Waals surface area contributed by atoms with Crippen LogP contribution in [0.5, 0.6) is 5.75 Å². The van der Waals surface area contributed by atoms with Gasteiger partial charge in [0, 0.05) is 15.2 Å². The Balaban J connectivity index is 2.04. The third-order valence-corrected chi connectivity index (χ3v) is 4.99. The van der Waals surface area contributed by atoms with E-state index < -0.39 is 10.1 Å². The van der Waals surface area contributed by atoms with E-state index in [2.05, 4.69) is 27.6 Å². The summed E-state index contributed by atoms with van der Waals surface area (Å²) in [6.07, 6.45) is 1.67. The van der Waals surface area contributed by atoms with Crippen molar-refractivity contribution in [3.05, 3.63) is 63.9 Å². The zero-order valence-corrected chi connectivity index (χ0v) is 14.6. The number of pyridine rings is 1. The van der Waals surface area contributed by atoms with Crippen LogP contribution >= 0.6 is 22.6 Å². The largest absolute Gasteiger partial charge is 0.377 e. The van der Waals surface area contributed by atoms with Crippen molar-refractivity contribution >= 4 is 43.6 Å². The van der Waals surface area contributed by atoms with Gasteiger partial charge in [-0.25, -0.2) is 0 Å². The highest BCUT2D eigenvalue weighted by atomic mass is 127. The molecule has 1 heterocycles. The molecule has 0 unspecified atom stereocenters. The summed E-state index contributed by atoms with van der Waals surface area (Å²) in [4.78, 5) is 4.40. The molecule has 4 nitrogen and oxygen atoms in total. The summed E-state index contributed by atoms with van der Waals surface area (Å²) < 4.78 is 31.0. The first-order valence-corrected chi connectivity index (χ1v) is 9.00. The van der Waals surface area contributed by atoms with Crippen LogP contribution in [0.25, 0.3) is 10.9 Å². The van der Waals surface area contributed by atoms with Crippen molar-refractivity contribution in [1.82, 2.24) is 4.98 Å². The standard InChI is InChI=1S/C16H12INO3S/c1-11-5-7-14(8-6-11)22(19,20)21-15-4-2-3-12-9-13(17)10-18-16(12)15/h2-10H,1H3. The smallest absolute Gasteiger partial charge is 0.339 e. The Labute approximate surface area is 142 Å². The van der Waals surface area contributed by atoms with Gasteiger partial charge in [0.1, 0.15) is 10.4 Å². The molecule has 0 fully saturated rings. The molecule has 0 aliphatic heterocycles. The first-order valence-electron chi connectivity index (χ1n) is 6.51. The number of rotatable bonds is 3. The van der Waals surface area contributed by atoms with Crippen LogP contribution in [0.15, 0.2) is 59.6 Å². The molecule has 1 aromatic heterocycles. The molecule has 3 rings (SSSR count). The van der Waals surface area contributed by atoms with Gasteiger partial charge in [-0.15, -0.1) is 0 Å². The fourth-order valence-electron chi connectivity index (χ4n) is 2.04. The number of halogens is 1. The van der Waals surface area contributed by atoms with Crippen LogP contribution in [-0.2, 0) is 10.1 Å². The minimum Gasteiger partial charge on any atom is -0.377 e. The van der Waals surface area contributed by atoms with Crippen molar-refractivity contribution in [2.75, 3.05) is 0 Å². The average Bonchev–Trinajstić information content (AvgIpc) is 2.47. The molecule has 3 aromatic rings. The zero-order chi connectivity index (χ0) is 15.7. The van der Waals surface area contributed by atoms with E-state index in [0.717, 1.165) is 14.5 Å². The number of hydrogen-bond donors (Lipinski definition) is 0. The molecule has 0 atom stereocenters. The first-order chi connectivity index (χ1) is 10.5. The summed E-state index contributed by atoms with van der Waals surface area (Å²) in [5, 5.41) is 0.837. The molecule has 0 radical (unpaired) electrons. The minimum atomic E-state index is -3.87. The van der Waals surface area contributed by atoms with Gasteiger partial charge in [-0.1, -0.05) is 29.8 Å². The van der Waals surface area contributed by atoms with Crippen LogP contribution < -0.4 is 4.18 Å². The molecule has 2 aromatic carbocycles. The van der Waals surface area contributed by atoms with E-state index in [0.29, 0.717) is 5.52 Å². The minimum absolute atomic E-state index is 0.126. The highest BCUT2D eigenvalue weighted by molar-refractivity contribution is 14.1. The zero-order valence-electron chi connectivity index (χ0n) is 11.7. The molecule has 0 saturated heterocycles. The molecule has 0 aliphatic carbocycles. The van der Waals surface area contributed by atoms with Gasteiger partial charge in [0.2, 0.25) is 0 Å². The highest BCUT2D eigenvalue weighted by Crippen LogP contribution is 2.27. The quantitative estimate of drug-likeness (QED) is 0.472. The SMILES string of the molecule is Cc1ccc(S(=O)(=O)Oc2cccc3cc(I)cnc23)cc1. The van der Waals surface area contributed by atoms with Crippen LogP contribution in [0.2, 0.25) is 0 Å². The number of nitrogens with zero attached hydrogens (tertiary/aromatic N) is 1. The third kappa shape index (κ3) is 3.07. The predicted molar refractivity (Wildman–Crippen MR) is 93.5 cm³/mol. The summed E-state index contributed by atoms with van der Waals surface area (Å²) >= 11 is 2.16. The molecule has 0 bridgehead atoms. The van der Waals surface area contributed by atoms with Crippen molar-refractivity contribution in [1.29, 1.82) is 0 Å². The Morgan fingerprint density at radius 2 is 1.82 bits per heavy atom. The van der Waals surface area contributed by atoms with E-state index in [1.165, 1.54) is 12.1 Å². The molecule has 0 aliphatic rings. The van der Waals surface area contributed by atoms with E-state index in [1.807, 2.05) is 19.1 Å². The summed E-state index contributed by atoms with van der Waals surface area (Å²) in [6, 6.07) is 13.7. The number of aromatic nitrogens is 1. The molecule has 0 amide bonds. The van der Waals surface area contributed by atoms with Gasteiger partial charge in [-0.2, -0.15) is 8.42 Å². The Kier molecular flexibility index (Phi) is 4.05. The number of hydrogen-bond acceptors (Lipinski definition) is 4. The lowest BCUT2D eigenvalue weighted by Crippen LogP contribution is -2.10. The van der Waals surface area contributed by atoms with Crippen LogP contribution in [0.3, 0.4) is 0 Å². The Hall–Kier alpha value is -1.67. The molecular weight excluding hydrogens is 413 g/mol. The molecule has 112 valence electrons. The number of benzene rings is 2. The maximum absolute atomic E-state index is 12.4. The van der Waals surface area contributed by atoms with Gasteiger partial charge in [0.05, 0.1) is 0 Å². The Bertz CT molecular complexity index is 937. The second-order valence-electron chi connectivity index (χ2n) is 4.83. The van der Waals surface area contributed by atoms with Gasteiger partial charge in [-0.3, -0.25) is 4.98 Å². The van der Waals surface area contributed by atoms with Crippen LogP contribution in [-0.4, -0.2) is 13.4 Å². The summed E-state index contributed by atoms with van der Waals surface area (Å²) in [5.74, 6) is 0.231. The number of para-hydroxylation sites is 1. The summed E-state index contributed by atoms with van der Waals surface area (Å²) in [5.41, 5.74) is 1.51. The van der Waals surface area contributed by atoms with Crippen LogP contribution in [0.1, 0.15) is 5.56 Å². The molecular formula is C16H12INO3S. The fourth-order valence-corrected chi connectivity index (χ4v) is 3.46. The van der Waals surface area contributed by atoms with Crippen LogP contribution in [0.4, 0.5) is 0 Å². The van der Waals surface area contributed by atoms with Gasteiger partial charge in [0.25, 0.3) is 0 Å². The van der Waals surface area contributed by atoms with E-state index >= 15 is 0 Å². The highest BCUT2D eigenvalue weighted by Gasteiger charge is 2.18. The van der Waals surface area contributed by atoms with Crippen molar-refractivity contribution in [2.45, 2.75) is 11.8 Å². The van der Waals surface area contributed by atoms with Gasteiger partial charge < -0.3 is 4.18 Å². The van der Waals surface area contributed by atoms with Crippen molar-refractivity contribution < 1.29 is 12.6 Å². The lowest BCUT2D eigenvalue weighted by molar-refractivity contribution is 0.488. The topological polar surface area (TPSA) is 56.3 Å². The predicted octanol–water partition coefficient (Wildman–Crippen LogP) is 3.92. The second kappa shape index (κ2) is 5.85. The fraction of sp³-hybridized carbons (Fsp3) is 0.0625. The summed E-state index contributed by atoms with van der Waals surface area (Å²) in [7, 11) is -3.87. The van der Waals surface area contributed by atoms with Gasteiger partial charge in [-0.05, 0) is 53.8 Å². The van der Waals surface area contributed by atoms with E-state index in [9.17, 15) is 8.42 Å². The maximum atomic E-state index is 12.4.